The Bertz CT molecular complexity index is 422. The summed E-state index contributed by atoms with van der Waals surface area (Å²) in [6.45, 7) is 16.6. The molecule has 148 valence electrons. The van der Waals surface area contributed by atoms with Gasteiger partial charge in [-0.25, -0.2) is 4.99 Å². The Balaban J connectivity index is 0.00000576. The van der Waals surface area contributed by atoms with E-state index in [1.165, 1.54) is 25.9 Å². The lowest BCUT2D eigenvalue weighted by Crippen LogP contribution is -2.49. The van der Waals surface area contributed by atoms with Crippen LogP contribution < -0.4 is 16.0 Å². The quantitative estimate of drug-likeness (QED) is 0.318. The second kappa shape index (κ2) is 11.9. The fraction of sp³-hybridized carbons (Fsp3) is 0.889. The Morgan fingerprint density at radius 3 is 2.56 bits per heavy atom. The molecule has 0 bridgehead atoms. The van der Waals surface area contributed by atoms with Gasteiger partial charge in [0.15, 0.2) is 5.96 Å². The summed E-state index contributed by atoms with van der Waals surface area (Å²) in [5, 5.41) is 9.50. The minimum absolute atomic E-state index is 0. The average molecular weight is 467 g/mol. The Hall–Kier alpha value is -0.570. The van der Waals surface area contributed by atoms with Gasteiger partial charge in [-0.15, -0.1) is 24.0 Å². The highest BCUT2D eigenvalue weighted by molar-refractivity contribution is 14.0. The number of halogens is 1. The summed E-state index contributed by atoms with van der Waals surface area (Å²) in [5.41, 5.74) is -0.224. The van der Waals surface area contributed by atoms with E-state index in [-0.39, 0.29) is 42.0 Å². The molecule has 7 heteroatoms. The Labute approximate surface area is 171 Å². The summed E-state index contributed by atoms with van der Waals surface area (Å²) in [6.07, 6.45) is 2.62. The molecule has 1 aliphatic heterocycles. The van der Waals surface area contributed by atoms with Crippen LogP contribution in [0.5, 0.6) is 0 Å². The van der Waals surface area contributed by atoms with Crippen molar-refractivity contribution < 1.29 is 4.79 Å². The smallest absolute Gasteiger partial charge is 0.242 e. The van der Waals surface area contributed by atoms with Gasteiger partial charge >= 0.3 is 0 Å². The second-order valence-corrected chi connectivity index (χ2v) is 7.97. The highest BCUT2D eigenvalue weighted by Gasteiger charge is 2.21. The van der Waals surface area contributed by atoms with E-state index in [1.807, 2.05) is 27.7 Å². The maximum Gasteiger partial charge on any atom is 0.242 e. The topological polar surface area (TPSA) is 68.8 Å². The number of aliphatic imine (C=N–C) groups is 1. The molecule has 0 saturated carbocycles. The number of amides is 1. The van der Waals surface area contributed by atoms with E-state index >= 15 is 0 Å². The molecule has 1 heterocycles. The standard InChI is InChI=1S/C18H37N5O.HI/c1-7-19-17(21-12-16(24)22-18(4,5)6)20-11-15(3)23-10-8-9-14(2)13-23;/h14-15H,7-13H2,1-6H3,(H,22,24)(H2,19,20,21);1H. The Morgan fingerprint density at radius 2 is 2.00 bits per heavy atom. The molecule has 25 heavy (non-hydrogen) atoms. The molecule has 1 saturated heterocycles. The van der Waals surface area contributed by atoms with Gasteiger partial charge in [-0.3, -0.25) is 9.69 Å². The highest BCUT2D eigenvalue weighted by Crippen LogP contribution is 2.17. The fourth-order valence-corrected chi connectivity index (χ4v) is 2.95. The molecule has 0 radical (unpaired) electrons. The van der Waals surface area contributed by atoms with Gasteiger partial charge < -0.3 is 16.0 Å². The van der Waals surface area contributed by atoms with Gasteiger partial charge in [0.25, 0.3) is 0 Å². The van der Waals surface area contributed by atoms with Crippen LogP contribution in [0.2, 0.25) is 0 Å². The molecule has 6 nitrogen and oxygen atoms in total. The molecule has 0 aromatic heterocycles. The molecule has 2 atom stereocenters. The molecule has 0 aliphatic carbocycles. The summed E-state index contributed by atoms with van der Waals surface area (Å²) in [4.78, 5) is 18.8. The maximum atomic E-state index is 11.9. The first kappa shape index (κ1) is 24.4. The Morgan fingerprint density at radius 1 is 1.32 bits per heavy atom. The van der Waals surface area contributed by atoms with Crippen molar-refractivity contribution in [2.24, 2.45) is 10.9 Å². The summed E-state index contributed by atoms with van der Waals surface area (Å²) >= 11 is 0. The molecule has 0 aromatic rings. The third-order valence-electron chi connectivity index (χ3n) is 4.12. The first-order valence-electron chi connectivity index (χ1n) is 9.28. The van der Waals surface area contributed by atoms with E-state index in [1.54, 1.807) is 0 Å². The van der Waals surface area contributed by atoms with Crippen LogP contribution in [0.4, 0.5) is 0 Å². The van der Waals surface area contributed by atoms with Crippen LogP contribution in [-0.2, 0) is 4.79 Å². The van der Waals surface area contributed by atoms with Crippen molar-refractivity contribution in [2.75, 3.05) is 32.7 Å². The van der Waals surface area contributed by atoms with Gasteiger partial charge in [0.2, 0.25) is 5.91 Å². The summed E-state index contributed by atoms with van der Waals surface area (Å²) < 4.78 is 0. The minimum atomic E-state index is -0.224. The van der Waals surface area contributed by atoms with E-state index in [4.69, 9.17) is 0 Å². The molecule has 1 rings (SSSR count). The van der Waals surface area contributed by atoms with Crippen molar-refractivity contribution in [1.29, 1.82) is 0 Å². The van der Waals surface area contributed by atoms with Crippen molar-refractivity contribution in [1.82, 2.24) is 20.9 Å². The zero-order chi connectivity index (χ0) is 18.2. The highest BCUT2D eigenvalue weighted by atomic mass is 127. The number of nitrogens with one attached hydrogen (secondary N) is 3. The molecular formula is C18H38IN5O. The van der Waals surface area contributed by atoms with E-state index < -0.39 is 0 Å². The monoisotopic (exact) mass is 467 g/mol. The second-order valence-electron chi connectivity index (χ2n) is 7.97. The van der Waals surface area contributed by atoms with Crippen molar-refractivity contribution >= 4 is 35.8 Å². The molecule has 3 N–H and O–H groups in total. The number of rotatable bonds is 6. The van der Waals surface area contributed by atoms with E-state index in [0.717, 1.165) is 19.0 Å². The van der Waals surface area contributed by atoms with Crippen LogP contribution in [-0.4, -0.2) is 61.1 Å². The predicted molar refractivity (Wildman–Crippen MR) is 117 cm³/mol. The van der Waals surface area contributed by atoms with Crippen molar-refractivity contribution in [2.45, 2.75) is 66.0 Å². The van der Waals surface area contributed by atoms with Gasteiger partial charge in [-0.2, -0.15) is 0 Å². The number of piperidine rings is 1. The number of hydrogen-bond donors (Lipinski definition) is 3. The Kier molecular flexibility index (Phi) is 11.7. The van der Waals surface area contributed by atoms with Gasteiger partial charge in [0.1, 0.15) is 6.54 Å². The zero-order valence-corrected chi connectivity index (χ0v) is 19.1. The molecular weight excluding hydrogens is 429 g/mol. The van der Waals surface area contributed by atoms with Crippen LogP contribution in [0.3, 0.4) is 0 Å². The molecule has 1 fully saturated rings. The number of likely N-dealkylation sites (tertiary alicyclic amines) is 1. The lowest BCUT2D eigenvalue weighted by atomic mass is 9.99. The molecule has 1 aliphatic rings. The van der Waals surface area contributed by atoms with Crippen molar-refractivity contribution in [3.8, 4) is 0 Å². The summed E-state index contributed by atoms with van der Waals surface area (Å²) in [6, 6.07) is 0.458. The predicted octanol–water partition coefficient (Wildman–Crippen LogP) is 2.19. The third kappa shape index (κ3) is 10.9. The molecule has 2 unspecified atom stereocenters. The van der Waals surface area contributed by atoms with Crippen LogP contribution in [0.1, 0.15) is 54.4 Å². The summed E-state index contributed by atoms with van der Waals surface area (Å²) in [5.74, 6) is 1.43. The number of hydrogen-bond acceptors (Lipinski definition) is 3. The average Bonchev–Trinajstić information content (AvgIpc) is 2.48. The van der Waals surface area contributed by atoms with Crippen LogP contribution in [0, 0.1) is 5.92 Å². The fourth-order valence-electron chi connectivity index (χ4n) is 2.95. The maximum absolute atomic E-state index is 11.9. The molecule has 0 spiro atoms. The van der Waals surface area contributed by atoms with E-state index in [9.17, 15) is 4.79 Å². The third-order valence-corrected chi connectivity index (χ3v) is 4.12. The minimum Gasteiger partial charge on any atom is -0.357 e. The number of carbonyl (C=O) groups excluding carboxylic acids is 1. The molecule has 0 aromatic carbocycles. The largest absolute Gasteiger partial charge is 0.357 e. The van der Waals surface area contributed by atoms with Crippen LogP contribution in [0.15, 0.2) is 4.99 Å². The van der Waals surface area contributed by atoms with Gasteiger partial charge in [0.05, 0.1) is 0 Å². The van der Waals surface area contributed by atoms with Crippen LogP contribution >= 0.6 is 24.0 Å². The van der Waals surface area contributed by atoms with Crippen molar-refractivity contribution in [3.63, 3.8) is 0 Å². The number of carbonyl (C=O) groups is 1. The lowest BCUT2D eigenvalue weighted by molar-refractivity contribution is -0.121. The van der Waals surface area contributed by atoms with Gasteiger partial charge in [-0.1, -0.05) is 6.92 Å². The van der Waals surface area contributed by atoms with E-state index in [0.29, 0.717) is 12.0 Å². The van der Waals surface area contributed by atoms with Crippen LogP contribution in [0.25, 0.3) is 0 Å². The first-order chi connectivity index (χ1) is 11.2. The number of guanidine groups is 1. The number of nitrogens with zero attached hydrogens (tertiary/aromatic N) is 2. The molecule has 1 amide bonds. The van der Waals surface area contributed by atoms with Gasteiger partial charge in [0, 0.05) is 31.2 Å². The zero-order valence-electron chi connectivity index (χ0n) is 16.8. The van der Waals surface area contributed by atoms with Crippen molar-refractivity contribution in [3.05, 3.63) is 0 Å². The lowest BCUT2D eigenvalue weighted by Gasteiger charge is -2.35. The van der Waals surface area contributed by atoms with E-state index in [2.05, 4.69) is 39.7 Å². The normalized spacial score (nSPS) is 20.4. The summed E-state index contributed by atoms with van der Waals surface area (Å²) in [7, 11) is 0. The van der Waals surface area contributed by atoms with Gasteiger partial charge in [-0.05, 0) is 59.9 Å². The SMILES string of the molecule is CCNC(=NCC(=O)NC(C)(C)C)NCC(C)N1CCCC(C)C1.I. The first-order valence-corrected chi connectivity index (χ1v) is 9.28.